The van der Waals surface area contributed by atoms with E-state index in [1.807, 2.05) is 27.7 Å². The fourth-order valence-corrected chi connectivity index (χ4v) is 1.10. The minimum Gasteiger partial charge on any atom is -0.377 e. The van der Waals surface area contributed by atoms with Gasteiger partial charge in [-0.15, -0.1) is 0 Å². The lowest BCUT2D eigenvalue weighted by molar-refractivity contribution is -0.126. The zero-order chi connectivity index (χ0) is 13.8. The van der Waals surface area contributed by atoms with Gasteiger partial charge in [-0.25, -0.2) is 0 Å². The first kappa shape index (κ1) is 17.4. The minimum atomic E-state index is -0.0770. The molecule has 0 aromatic heterocycles. The molecule has 108 valence electrons. The highest BCUT2D eigenvalue weighted by Crippen LogP contribution is 1.88. The summed E-state index contributed by atoms with van der Waals surface area (Å²) in [5.41, 5.74) is 0. The Labute approximate surface area is 110 Å². The van der Waals surface area contributed by atoms with Crippen LogP contribution in [0.5, 0.6) is 0 Å². The molecule has 0 saturated carbocycles. The molecule has 1 amide bonds. The van der Waals surface area contributed by atoms with E-state index in [2.05, 4.69) is 5.32 Å². The second kappa shape index (κ2) is 11.4. The van der Waals surface area contributed by atoms with E-state index >= 15 is 0 Å². The van der Waals surface area contributed by atoms with Crippen LogP contribution >= 0.6 is 0 Å². The molecule has 0 atom stereocenters. The van der Waals surface area contributed by atoms with E-state index in [1.54, 1.807) is 0 Å². The van der Waals surface area contributed by atoms with E-state index in [4.69, 9.17) is 14.2 Å². The van der Waals surface area contributed by atoms with E-state index in [0.717, 1.165) is 0 Å². The van der Waals surface area contributed by atoms with Crippen LogP contribution in [0.1, 0.15) is 27.7 Å². The Balaban J connectivity index is 3.17. The lowest BCUT2D eigenvalue weighted by atomic mass is 10.2. The summed E-state index contributed by atoms with van der Waals surface area (Å²) in [5, 5.41) is 2.78. The van der Waals surface area contributed by atoms with Crippen molar-refractivity contribution in [1.82, 2.24) is 5.32 Å². The summed E-state index contributed by atoms with van der Waals surface area (Å²) >= 11 is 0. The summed E-state index contributed by atoms with van der Waals surface area (Å²) in [5.74, 6) is 0.380. The molecule has 0 aromatic carbocycles. The summed E-state index contributed by atoms with van der Waals surface area (Å²) in [6, 6.07) is 0. The number of carbonyl (C=O) groups excluding carboxylic acids is 1. The van der Waals surface area contributed by atoms with Crippen LogP contribution in [0.4, 0.5) is 0 Å². The smallest absolute Gasteiger partial charge is 0.246 e. The maximum absolute atomic E-state index is 11.3. The molecule has 0 aliphatic heterocycles. The first-order chi connectivity index (χ1) is 8.52. The van der Waals surface area contributed by atoms with Crippen molar-refractivity contribution in [3.05, 3.63) is 0 Å². The number of rotatable bonds is 11. The van der Waals surface area contributed by atoms with Crippen molar-refractivity contribution in [2.75, 3.05) is 39.6 Å². The molecular weight excluding hydrogens is 234 g/mol. The number of amides is 1. The summed E-state index contributed by atoms with van der Waals surface area (Å²) < 4.78 is 15.8. The van der Waals surface area contributed by atoms with Crippen molar-refractivity contribution in [2.24, 2.45) is 5.92 Å². The fraction of sp³-hybridized carbons (Fsp3) is 0.923. The molecule has 0 unspecified atom stereocenters. The van der Waals surface area contributed by atoms with Gasteiger partial charge in [0, 0.05) is 6.54 Å². The van der Waals surface area contributed by atoms with Crippen molar-refractivity contribution in [1.29, 1.82) is 0 Å². The van der Waals surface area contributed by atoms with Crippen molar-refractivity contribution >= 4 is 5.91 Å². The maximum atomic E-state index is 11.3. The molecule has 0 spiro atoms. The normalized spacial score (nSPS) is 11.2. The third-order valence-electron chi connectivity index (χ3n) is 1.99. The number of carbonyl (C=O) groups is 1. The third-order valence-corrected chi connectivity index (χ3v) is 1.99. The third kappa shape index (κ3) is 13.4. The highest BCUT2D eigenvalue weighted by atomic mass is 16.5. The Morgan fingerprint density at radius 3 is 2.22 bits per heavy atom. The van der Waals surface area contributed by atoms with E-state index in [-0.39, 0.29) is 18.6 Å². The second-order valence-electron chi connectivity index (χ2n) is 4.78. The van der Waals surface area contributed by atoms with Crippen molar-refractivity contribution < 1.29 is 19.0 Å². The molecule has 0 heterocycles. The van der Waals surface area contributed by atoms with Crippen LogP contribution in [0.15, 0.2) is 0 Å². The molecule has 0 radical (unpaired) electrons. The molecule has 5 heteroatoms. The van der Waals surface area contributed by atoms with E-state index < -0.39 is 0 Å². The molecule has 1 N–H and O–H groups in total. The largest absolute Gasteiger partial charge is 0.377 e. The van der Waals surface area contributed by atoms with Crippen LogP contribution < -0.4 is 5.32 Å². The lowest BCUT2D eigenvalue weighted by Gasteiger charge is -2.09. The zero-order valence-corrected chi connectivity index (χ0v) is 12.0. The zero-order valence-electron chi connectivity index (χ0n) is 12.0. The van der Waals surface area contributed by atoms with E-state index in [1.165, 1.54) is 0 Å². The predicted octanol–water partition coefficient (Wildman–Crippen LogP) is 1.22. The number of nitrogens with one attached hydrogen (secondary N) is 1. The minimum absolute atomic E-state index is 0.0770. The van der Waals surface area contributed by atoms with Crippen LogP contribution in [0, 0.1) is 5.92 Å². The van der Waals surface area contributed by atoms with Crippen LogP contribution in [-0.4, -0.2) is 51.6 Å². The number of ether oxygens (including phenoxy) is 3. The Morgan fingerprint density at radius 2 is 1.61 bits per heavy atom. The Bertz CT molecular complexity index is 207. The van der Waals surface area contributed by atoms with Crippen LogP contribution in [0.3, 0.4) is 0 Å². The maximum Gasteiger partial charge on any atom is 0.246 e. The summed E-state index contributed by atoms with van der Waals surface area (Å²) in [4.78, 5) is 11.3. The second-order valence-corrected chi connectivity index (χ2v) is 4.78. The van der Waals surface area contributed by atoms with Gasteiger partial charge in [-0.3, -0.25) is 4.79 Å². The van der Waals surface area contributed by atoms with Crippen LogP contribution in [-0.2, 0) is 19.0 Å². The monoisotopic (exact) mass is 261 g/mol. The lowest BCUT2D eigenvalue weighted by Crippen LogP contribution is -2.31. The molecule has 0 saturated heterocycles. The fourth-order valence-electron chi connectivity index (χ4n) is 1.10. The highest BCUT2D eigenvalue weighted by Gasteiger charge is 2.01. The van der Waals surface area contributed by atoms with Gasteiger partial charge in [0.05, 0.1) is 32.5 Å². The summed E-state index contributed by atoms with van der Waals surface area (Å²) in [6.45, 7) is 10.9. The van der Waals surface area contributed by atoms with Gasteiger partial charge in [-0.05, 0) is 19.8 Å². The topological polar surface area (TPSA) is 56.8 Å². The van der Waals surface area contributed by atoms with Gasteiger partial charge < -0.3 is 19.5 Å². The molecule has 5 nitrogen and oxygen atoms in total. The van der Waals surface area contributed by atoms with Crippen LogP contribution in [0.25, 0.3) is 0 Å². The average molecular weight is 261 g/mol. The van der Waals surface area contributed by atoms with Crippen LogP contribution in [0.2, 0.25) is 0 Å². The Kier molecular flexibility index (Phi) is 11.0. The number of hydrogen-bond acceptors (Lipinski definition) is 4. The van der Waals surface area contributed by atoms with Gasteiger partial charge >= 0.3 is 0 Å². The predicted molar refractivity (Wildman–Crippen MR) is 70.6 cm³/mol. The average Bonchev–Trinajstić information content (AvgIpc) is 2.29. The van der Waals surface area contributed by atoms with Crippen molar-refractivity contribution in [3.63, 3.8) is 0 Å². The molecular formula is C13H27NO4. The van der Waals surface area contributed by atoms with Gasteiger partial charge in [0.15, 0.2) is 0 Å². The van der Waals surface area contributed by atoms with Gasteiger partial charge in [-0.2, -0.15) is 0 Å². The standard InChI is InChI=1S/C13H27NO4/c1-11(2)9-14-13(15)10-17-6-5-16-7-8-18-12(3)4/h11-12H,5-10H2,1-4H3,(H,14,15). The summed E-state index contributed by atoms with van der Waals surface area (Å²) in [6.07, 6.45) is 0.231. The molecule has 0 aromatic rings. The van der Waals surface area contributed by atoms with Crippen molar-refractivity contribution in [3.8, 4) is 0 Å². The molecule has 18 heavy (non-hydrogen) atoms. The molecule has 0 fully saturated rings. The number of hydrogen-bond donors (Lipinski definition) is 1. The Hall–Kier alpha value is -0.650. The van der Waals surface area contributed by atoms with Crippen molar-refractivity contribution in [2.45, 2.75) is 33.8 Å². The first-order valence-corrected chi connectivity index (χ1v) is 6.56. The molecule has 0 bridgehead atoms. The van der Waals surface area contributed by atoms with E-state index in [0.29, 0.717) is 38.9 Å². The first-order valence-electron chi connectivity index (χ1n) is 6.56. The molecule has 0 aliphatic carbocycles. The molecule has 0 aliphatic rings. The van der Waals surface area contributed by atoms with E-state index in [9.17, 15) is 4.79 Å². The Morgan fingerprint density at radius 1 is 1.00 bits per heavy atom. The quantitative estimate of drug-likeness (QED) is 0.568. The summed E-state index contributed by atoms with van der Waals surface area (Å²) in [7, 11) is 0. The van der Waals surface area contributed by atoms with Gasteiger partial charge in [0.25, 0.3) is 0 Å². The van der Waals surface area contributed by atoms with Gasteiger partial charge in [0.1, 0.15) is 6.61 Å². The SMILES string of the molecule is CC(C)CNC(=O)COCCOCCOC(C)C. The van der Waals surface area contributed by atoms with Gasteiger partial charge in [-0.1, -0.05) is 13.8 Å². The highest BCUT2D eigenvalue weighted by molar-refractivity contribution is 5.77. The molecule has 0 rings (SSSR count). The van der Waals surface area contributed by atoms with Gasteiger partial charge in [0.2, 0.25) is 5.91 Å².